The molecule has 3 rings (SSSR count). The number of aromatic amines is 1. The predicted molar refractivity (Wildman–Crippen MR) is 69.3 cm³/mol. The van der Waals surface area contributed by atoms with E-state index in [0.29, 0.717) is 16.6 Å². The standard InChI is InChI=1S/C13H9N5O/c1-18-12(9-4-2-3-8(5-9)6-14)10-11(17-18)13(19)16-7-15-10/h2-5,7H,1H3,(H,15,16,19). The van der Waals surface area contributed by atoms with Crippen molar-refractivity contribution < 1.29 is 0 Å². The number of rotatable bonds is 1. The van der Waals surface area contributed by atoms with Crippen molar-refractivity contribution in [2.75, 3.05) is 0 Å². The van der Waals surface area contributed by atoms with Crippen LogP contribution in [0.4, 0.5) is 0 Å². The highest BCUT2D eigenvalue weighted by Gasteiger charge is 2.14. The number of fused-ring (bicyclic) bond motifs is 1. The second-order valence-electron chi connectivity index (χ2n) is 4.10. The molecule has 6 nitrogen and oxygen atoms in total. The average molecular weight is 251 g/mol. The largest absolute Gasteiger partial charge is 0.342 e. The van der Waals surface area contributed by atoms with Crippen LogP contribution in [0.25, 0.3) is 22.3 Å². The Balaban J connectivity index is 2.37. The third-order valence-corrected chi connectivity index (χ3v) is 2.91. The van der Waals surface area contributed by atoms with Crippen LogP contribution in [-0.2, 0) is 7.05 Å². The van der Waals surface area contributed by atoms with Crippen LogP contribution >= 0.6 is 0 Å². The van der Waals surface area contributed by atoms with Crippen LogP contribution in [-0.4, -0.2) is 19.7 Å². The highest BCUT2D eigenvalue weighted by Crippen LogP contribution is 2.25. The van der Waals surface area contributed by atoms with Crippen LogP contribution in [0.15, 0.2) is 35.4 Å². The number of nitriles is 1. The number of benzene rings is 1. The summed E-state index contributed by atoms with van der Waals surface area (Å²) in [5, 5.41) is 13.1. The fraction of sp³-hybridized carbons (Fsp3) is 0.0769. The Bertz CT molecular complexity index is 869. The van der Waals surface area contributed by atoms with Crippen LogP contribution < -0.4 is 5.56 Å². The molecule has 0 aliphatic rings. The van der Waals surface area contributed by atoms with E-state index in [9.17, 15) is 4.79 Å². The molecule has 0 saturated carbocycles. The Morgan fingerprint density at radius 1 is 1.42 bits per heavy atom. The zero-order valence-corrected chi connectivity index (χ0v) is 10.1. The van der Waals surface area contributed by atoms with Gasteiger partial charge in [0, 0.05) is 12.6 Å². The predicted octanol–water partition coefficient (Wildman–Crippen LogP) is 1.20. The number of aromatic nitrogens is 4. The lowest BCUT2D eigenvalue weighted by molar-refractivity contribution is 0.786. The SMILES string of the molecule is Cn1nc2c(=O)nc[nH]c2c1-c1cccc(C#N)c1. The van der Waals surface area contributed by atoms with E-state index < -0.39 is 0 Å². The van der Waals surface area contributed by atoms with E-state index in [2.05, 4.69) is 21.1 Å². The Labute approximate surface area is 108 Å². The molecule has 92 valence electrons. The fourth-order valence-corrected chi connectivity index (χ4v) is 2.09. The van der Waals surface area contributed by atoms with E-state index in [1.807, 2.05) is 6.07 Å². The molecule has 2 heterocycles. The molecule has 6 heteroatoms. The molecular weight excluding hydrogens is 242 g/mol. The highest BCUT2D eigenvalue weighted by atomic mass is 16.1. The van der Waals surface area contributed by atoms with Gasteiger partial charge in [-0.25, -0.2) is 0 Å². The van der Waals surface area contributed by atoms with Crippen molar-refractivity contribution in [3.05, 3.63) is 46.5 Å². The van der Waals surface area contributed by atoms with Gasteiger partial charge in [0.15, 0.2) is 5.52 Å². The highest BCUT2D eigenvalue weighted by molar-refractivity contribution is 5.89. The number of nitrogens with zero attached hydrogens (tertiary/aromatic N) is 4. The number of aryl methyl sites for hydroxylation is 1. The maximum Gasteiger partial charge on any atom is 0.301 e. The second kappa shape index (κ2) is 4.07. The first-order chi connectivity index (χ1) is 9.20. The molecule has 0 aliphatic carbocycles. The Hall–Kier alpha value is -2.94. The second-order valence-corrected chi connectivity index (χ2v) is 4.10. The summed E-state index contributed by atoms with van der Waals surface area (Å²) in [5.74, 6) is 0. The van der Waals surface area contributed by atoms with Crippen LogP contribution in [0.3, 0.4) is 0 Å². The lowest BCUT2D eigenvalue weighted by Crippen LogP contribution is -2.06. The van der Waals surface area contributed by atoms with Gasteiger partial charge in [0.1, 0.15) is 0 Å². The van der Waals surface area contributed by atoms with Gasteiger partial charge in [-0.05, 0) is 12.1 Å². The van der Waals surface area contributed by atoms with Gasteiger partial charge in [-0.15, -0.1) is 0 Å². The van der Waals surface area contributed by atoms with E-state index >= 15 is 0 Å². The van der Waals surface area contributed by atoms with E-state index in [0.717, 1.165) is 11.3 Å². The first kappa shape index (κ1) is 11.2. The Morgan fingerprint density at radius 3 is 3.05 bits per heavy atom. The number of nitrogens with one attached hydrogen (secondary N) is 1. The van der Waals surface area contributed by atoms with E-state index in [1.165, 1.54) is 6.33 Å². The van der Waals surface area contributed by atoms with Gasteiger partial charge in [0.05, 0.1) is 29.2 Å². The summed E-state index contributed by atoms with van der Waals surface area (Å²) in [6, 6.07) is 9.25. The number of hydrogen-bond donors (Lipinski definition) is 1. The molecule has 2 aromatic heterocycles. The molecule has 1 aromatic carbocycles. The van der Waals surface area contributed by atoms with Crippen LogP contribution in [0.2, 0.25) is 0 Å². The zero-order chi connectivity index (χ0) is 13.4. The van der Waals surface area contributed by atoms with E-state index in [1.54, 1.807) is 29.9 Å². The lowest BCUT2D eigenvalue weighted by Gasteiger charge is -2.02. The quantitative estimate of drug-likeness (QED) is 0.703. The minimum Gasteiger partial charge on any atom is -0.342 e. The van der Waals surface area contributed by atoms with Crippen LogP contribution in [0, 0.1) is 11.3 Å². The van der Waals surface area contributed by atoms with Gasteiger partial charge in [-0.1, -0.05) is 12.1 Å². The third kappa shape index (κ3) is 1.68. The van der Waals surface area contributed by atoms with Crippen molar-refractivity contribution in [1.82, 2.24) is 19.7 Å². The topological polar surface area (TPSA) is 87.4 Å². The molecule has 0 bridgehead atoms. The van der Waals surface area contributed by atoms with Crippen molar-refractivity contribution in [3.8, 4) is 17.3 Å². The van der Waals surface area contributed by atoms with Gasteiger partial charge < -0.3 is 4.98 Å². The molecule has 0 fully saturated rings. The summed E-state index contributed by atoms with van der Waals surface area (Å²) < 4.78 is 1.61. The van der Waals surface area contributed by atoms with Gasteiger partial charge in [0.2, 0.25) is 0 Å². The molecule has 0 aliphatic heterocycles. The first-order valence-corrected chi connectivity index (χ1v) is 5.61. The molecule has 3 aromatic rings. The molecule has 19 heavy (non-hydrogen) atoms. The molecule has 0 saturated heterocycles. The smallest absolute Gasteiger partial charge is 0.301 e. The molecule has 0 spiro atoms. The molecule has 0 amide bonds. The summed E-state index contributed by atoms with van der Waals surface area (Å²) in [5.41, 5.74) is 2.69. The Kier molecular flexibility index (Phi) is 2.39. The van der Waals surface area contributed by atoms with Crippen molar-refractivity contribution in [1.29, 1.82) is 5.26 Å². The van der Waals surface area contributed by atoms with Gasteiger partial charge >= 0.3 is 5.56 Å². The molecule has 0 radical (unpaired) electrons. The minimum absolute atomic E-state index is 0.294. The number of H-pyrrole nitrogens is 1. The normalized spacial score (nSPS) is 10.5. The lowest BCUT2D eigenvalue weighted by atomic mass is 10.1. The van der Waals surface area contributed by atoms with E-state index in [4.69, 9.17) is 5.26 Å². The van der Waals surface area contributed by atoms with Gasteiger partial charge in [-0.3, -0.25) is 9.48 Å². The molecule has 0 unspecified atom stereocenters. The summed E-state index contributed by atoms with van der Waals surface area (Å²) >= 11 is 0. The van der Waals surface area contributed by atoms with Crippen LogP contribution in [0.5, 0.6) is 0 Å². The molecule has 1 N–H and O–H groups in total. The van der Waals surface area contributed by atoms with Gasteiger partial charge in [0.25, 0.3) is 0 Å². The third-order valence-electron chi connectivity index (χ3n) is 2.91. The molecule has 0 atom stereocenters. The summed E-state index contributed by atoms with van der Waals surface area (Å²) in [6.07, 6.45) is 1.35. The average Bonchev–Trinajstić information content (AvgIpc) is 2.77. The Morgan fingerprint density at radius 2 is 2.26 bits per heavy atom. The minimum atomic E-state index is -0.368. The zero-order valence-electron chi connectivity index (χ0n) is 10.1. The maximum absolute atomic E-state index is 11.6. The van der Waals surface area contributed by atoms with Gasteiger partial charge in [-0.2, -0.15) is 15.3 Å². The van der Waals surface area contributed by atoms with Crippen molar-refractivity contribution in [2.45, 2.75) is 0 Å². The van der Waals surface area contributed by atoms with Crippen molar-refractivity contribution in [2.24, 2.45) is 7.05 Å². The summed E-state index contributed by atoms with van der Waals surface area (Å²) in [7, 11) is 1.75. The van der Waals surface area contributed by atoms with Crippen molar-refractivity contribution in [3.63, 3.8) is 0 Å². The van der Waals surface area contributed by atoms with Crippen molar-refractivity contribution >= 4 is 11.0 Å². The molecular formula is C13H9N5O. The maximum atomic E-state index is 11.6. The number of hydrogen-bond acceptors (Lipinski definition) is 4. The van der Waals surface area contributed by atoms with E-state index in [-0.39, 0.29) is 5.56 Å². The fourth-order valence-electron chi connectivity index (χ4n) is 2.09. The first-order valence-electron chi connectivity index (χ1n) is 5.61. The monoisotopic (exact) mass is 251 g/mol. The summed E-state index contributed by atoms with van der Waals surface area (Å²) in [4.78, 5) is 18.2. The van der Waals surface area contributed by atoms with Crippen LogP contribution in [0.1, 0.15) is 5.56 Å². The summed E-state index contributed by atoms with van der Waals surface area (Å²) in [6.45, 7) is 0.